The van der Waals surface area contributed by atoms with E-state index in [9.17, 15) is 4.79 Å². The van der Waals surface area contributed by atoms with Gasteiger partial charge in [-0.3, -0.25) is 4.79 Å². The molecular weight excluding hydrogens is 286 g/mol. The van der Waals surface area contributed by atoms with Crippen LogP contribution in [0.3, 0.4) is 0 Å². The molecule has 1 aromatic carbocycles. The number of nitriles is 1. The van der Waals surface area contributed by atoms with Crippen LogP contribution in [0.25, 0.3) is 0 Å². The van der Waals surface area contributed by atoms with Gasteiger partial charge in [-0.05, 0) is 48.9 Å². The van der Waals surface area contributed by atoms with Gasteiger partial charge in [0.25, 0.3) is 5.91 Å². The fourth-order valence-electron chi connectivity index (χ4n) is 3.79. The van der Waals surface area contributed by atoms with E-state index in [1.165, 1.54) is 11.1 Å². The molecule has 2 aliphatic rings. The molecule has 1 saturated carbocycles. The molecule has 4 nitrogen and oxygen atoms in total. The lowest BCUT2D eigenvalue weighted by Crippen LogP contribution is -2.28. The van der Waals surface area contributed by atoms with Crippen molar-refractivity contribution in [1.29, 1.82) is 5.26 Å². The zero-order valence-corrected chi connectivity index (χ0v) is 12.9. The first-order chi connectivity index (χ1) is 11.2. The molecule has 0 radical (unpaired) electrons. The molecule has 114 valence electrons. The molecule has 1 N–H and O–H groups in total. The lowest BCUT2D eigenvalue weighted by atomic mass is 9.92. The molecule has 0 saturated heterocycles. The Labute approximate surface area is 135 Å². The summed E-state index contributed by atoms with van der Waals surface area (Å²) in [5, 5.41) is 12.1. The van der Waals surface area contributed by atoms with Crippen LogP contribution in [0.4, 0.5) is 0 Å². The maximum Gasteiger partial charge on any atom is 0.270 e. The highest BCUT2D eigenvalue weighted by Gasteiger charge is 2.53. The van der Waals surface area contributed by atoms with Crippen LogP contribution in [0.15, 0.2) is 36.4 Å². The summed E-state index contributed by atoms with van der Waals surface area (Å²) in [5.74, 6) is 0.853. The molecule has 4 heteroatoms. The summed E-state index contributed by atoms with van der Waals surface area (Å²) in [6, 6.07) is 14.1. The number of fused-ring (bicyclic) bond motifs is 3. The zero-order valence-electron chi connectivity index (χ0n) is 12.9. The number of nitrogens with zero attached hydrogens (tertiary/aromatic N) is 2. The maximum atomic E-state index is 12.4. The van der Waals surface area contributed by atoms with Gasteiger partial charge >= 0.3 is 0 Å². The lowest BCUT2D eigenvalue weighted by Gasteiger charge is -2.13. The van der Waals surface area contributed by atoms with Gasteiger partial charge in [0, 0.05) is 12.0 Å². The van der Waals surface area contributed by atoms with Crippen LogP contribution in [0.1, 0.15) is 45.2 Å². The molecule has 2 aliphatic carbocycles. The number of nitrogens with one attached hydrogen (secondary N) is 1. The topological polar surface area (TPSA) is 65.8 Å². The third-order valence-corrected chi connectivity index (χ3v) is 5.07. The summed E-state index contributed by atoms with van der Waals surface area (Å²) in [6.45, 7) is 1.75. The molecule has 1 aromatic heterocycles. The van der Waals surface area contributed by atoms with Gasteiger partial charge in [-0.1, -0.05) is 24.3 Å². The van der Waals surface area contributed by atoms with Gasteiger partial charge in [0.15, 0.2) is 0 Å². The molecule has 0 spiro atoms. The van der Waals surface area contributed by atoms with Crippen LogP contribution < -0.4 is 5.32 Å². The molecule has 2 aromatic rings. The Bertz CT molecular complexity index is 837. The minimum Gasteiger partial charge on any atom is -0.347 e. The van der Waals surface area contributed by atoms with Gasteiger partial charge in [-0.15, -0.1) is 0 Å². The largest absolute Gasteiger partial charge is 0.347 e. The number of carbonyl (C=O) groups is 1. The van der Waals surface area contributed by atoms with Crippen molar-refractivity contribution in [2.45, 2.75) is 31.7 Å². The highest BCUT2D eigenvalue weighted by Crippen LogP contribution is 2.54. The summed E-state index contributed by atoms with van der Waals surface area (Å²) in [5.41, 5.74) is 4.29. The van der Waals surface area contributed by atoms with Crippen LogP contribution in [0, 0.1) is 24.2 Å². The van der Waals surface area contributed by atoms with E-state index in [1.807, 2.05) is 0 Å². The fourth-order valence-corrected chi connectivity index (χ4v) is 3.79. The maximum absolute atomic E-state index is 12.4. The molecule has 23 heavy (non-hydrogen) atoms. The molecular formula is C19H17N3O. The number of pyridine rings is 1. The van der Waals surface area contributed by atoms with Crippen LogP contribution in [-0.4, -0.2) is 16.9 Å². The van der Waals surface area contributed by atoms with Gasteiger partial charge < -0.3 is 5.32 Å². The normalized spacial score (nSPS) is 24.1. The van der Waals surface area contributed by atoms with Crippen molar-refractivity contribution in [3.05, 3.63) is 64.5 Å². The van der Waals surface area contributed by atoms with Gasteiger partial charge in [0.2, 0.25) is 0 Å². The van der Waals surface area contributed by atoms with E-state index in [0.717, 1.165) is 12.8 Å². The highest BCUT2D eigenvalue weighted by molar-refractivity contribution is 5.93. The SMILES string of the molecule is Cc1nc(C(=O)NC2C3CCc4ccccc4C32)ccc1C#N. The third kappa shape index (κ3) is 2.29. The minimum atomic E-state index is -0.144. The number of aromatic nitrogens is 1. The zero-order chi connectivity index (χ0) is 16.0. The van der Waals surface area contributed by atoms with Crippen LogP contribution in [0.2, 0.25) is 0 Å². The van der Waals surface area contributed by atoms with Crippen molar-refractivity contribution in [2.75, 3.05) is 0 Å². The predicted molar refractivity (Wildman–Crippen MR) is 85.9 cm³/mol. The first-order valence-corrected chi connectivity index (χ1v) is 7.95. The fraction of sp³-hybridized carbons (Fsp3) is 0.316. The number of hydrogen-bond acceptors (Lipinski definition) is 3. The van der Waals surface area contributed by atoms with Crippen molar-refractivity contribution in [2.24, 2.45) is 5.92 Å². The van der Waals surface area contributed by atoms with Crippen LogP contribution >= 0.6 is 0 Å². The van der Waals surface area contributed by atoms with E-state index < -0.39 is 0 Å². The van der Waals surface area contributed by atoms with Gasteiger partial charge in [0.05, 0.1) is 11.3 Å². The molecule has 1 heterocycles. The Balaban J connectivity index is 1.51. The number of carbonyl (C=O) groups excluding carboxylic acids is 1. The molecule has 1 fully saturated rings. The number of hydrogen-bond donors (Lipinski definition) is 1. The van der Waals surface area contributed by atoms with Crippen molar-refractivity contribution in [3.63, 3.8) is 0 Å². The first-order valence-electron chi connectivity index (χ1n) is 7.95. The summed E-state index contributed by atoms with van der Waals surface area (Å²) in [4.78, 5) is 16.7. The van der Waals surface area contributed by atoms with Crippen molar-refractivity contribution in [3.8, 4) is 6.07 Å². The molecule has 3 unspecified atom stereocenters. The van der Waals surface area contributed by atoms with E-state index in [2.05, 4.69) is 40.6 Å². The molecule has 1 amide bonds. The van der Waals surface area contributed by atoms with Gasteiger partial charge in [0.1, 0.15) is 11.8 Å². The molecule has 0 aliphatic heterocycles. The van der Waals surface area contributed by atoms with Crippen molar-refractivity contribution >= 4 is 5.91 Å². The van der Waals surface area contributed by atoms with Crippen molar-refractivity contribution < 1.29 is 4.79 Å². The lowest BCUT2D eigenvalue weighted by molar-refractivity contribution is 0.0943. The van der Waals surface area contributed by atoms with E-state index in [0.29, 0.717) is 28.8 Å². The minimum absolute atomic E-state index is 0.144. The number of aryl methyl sites for hydroxylation is 2. The summed E-state index contributed by atoms with van der Waals surface area (Å²) >= 11 is 0. The molecule has 3 atom stereocenters. The average Bonchev–Trinajstić information content (AvgIpc) is 3.28. The second kappa shape index (κ2) is 5.20. The van der Waals surface area contributed by atoms with E-state index in [1.54, 1.807) is 19.1 Å². The first kappa shape index (κ1) is 14.0. The number of rotatable bonds is 2. The number of benzene rings is 1. The quantitative estimate of drug-likeness (QED) is 0.927. The third-order valence-electron chi connectivity index (χ3n) is 5.07. The molecule has 0 bridgehead atoms. The highest BCUT2D eigenvalue weighted by atomic mass is 16.2. The Kier molecular flexibility index (Phi) is 3.16. The summed E-state index contributed by atoms with van der Waals surface area (Å²) in [6.07, 6.45) is 2.23. The number of amides is 1. The van der Waals surface area contributed by atoms with E-state index >= 15 is 0 Å². The Morgan fingerprint density at radius 1 is 1.30 bits per heavy atom. The van der Waals surface area contributed by atoms with Crippen LogP contribution in [0.5, 0.6) is 0 Å². The Morgan fingerprint density at radius 3 is 2.91 bits per heavy atom. The van der Waals surface area contributed by atoms with Gasteiger partial charge in [-0.2, -0.15) is 5.26 Å². The summed E-state index contributed by atoms with van der Waals surface area (Å²) < 4.78 is 0. The van der Waals surface area contributed by atoms with E-state index in [-0.39, 0.29) is 11.9 Å². The smallest absolute Gasteiger partial charge is 0.270 e. The molecule has 4 rings (SSSR count). The second-order valence-corrected chi connectivity index (χ2v) is 6.37. The van der Waals surface area contributed by atoms with E-state index in [4.69, 9.17) is 5.26 Å². The van der Waals surface area contributed by atoms with Crippen molar-refractivity contribution in [1.82, 2.24) is 10.3 Å². The van der Waals surface area contributed by atoms with Gasteiger partial charge in [-0.25, -0.2) is 4.98 Å². The Morgan fingerprint density at radius 2 is 2.13 bits per heavy atom. The Hall–Kier alpha value is -2.67. The van der Waals surface area contributed by atoms with Crippen LogP contribution in [-0.2, 0) is 6.42 Å². The average molecular weight is 303 g/mol. The standard InChI is InChI=1S/C19H17N3O/c1-11-13(10-20)7-9-16(21-11)19(23)22-18-15-8-6-12-4-2-3-5-14(12)17(15)18/h2-5,7,9,15,17-18H,6,8H2,1H3,(H,22,23). The summed E-state index contributed by atoms with van der Waals surface area (Å²) in [7, 11) is 0. The predicted octanol–water partition coefficient (Wildman–Crippen LogP) is 2.72. The monoisotopic (exact) mass is 303 g/mol. The second-order valence-electron chi connectivity index (χ2n) is 6.37.